The molecule has 0 aromatic heterocycles. The first-order valence-electron chi connectivity index (χ1n) is 7.58. The van der Waals surface area contributed by atoms with Crippen LogP contribution in [0, 0.1) is 12.8 Å². The van der Waals surface area contributed by atoms with Crippen molar-refractivity contribution in [3.8, 4) is 0 Å². The average Bonchev–Trinajstić information content (AvgIpc) is 2.47. The Hall–Kier alpha value is -0.830. The fourth-order valence-corrected chi connectivity index (χ4v) is 3.80. The maximum absolute atomic E-state index is 12.9. The molecule has 1 atom stereocenters. The van der Waals surface area contributed by atoms with Gasteiger partial charge in [-0.1, -0.05) is 6.07 Å². The highest BCUT2D eigenvalue weighted by Gasteiger charge is 2.33. The predicted molar refractivity (Wildman–Crippen MR) is 88.8 cm³/mol. The Bertz CT molecular complexity index is 645. The average molecular weight is 387 g/mol. The third-order valence-corrected chi connectivity index (χ3v) is 5.53. The van der Waals surface area contributed by atoms with Crippen molar-refractivity contribution in [3.63, 3.8) is 0 Å². The Morgan fingerprint density at radius 1 is 1.33 bits per heavy atom. The van der Waals surface area contributed by atoms with Crippen molar-refractivity contribution in [2.45, 2.75) is 37.3 Å². The van der Waals surface area contributed by atoms with Gasteiger partial charge in [0, 0.05) is 6.54 Å². The summed E-state index contributed by atoms with van der Waals surface area (Å²) in [5.74, 6) is 0.398. The monoisotopic (exact) mass is 386 g/mol. The molecule has 1 heterocycles. The highest BCUT2D eigenvalue weighted by atomic mass is 35.5. The fraction of sp³-hybridized carbons (Fsp3) is 0.600. The molecule has 24 heavy (non-hydrogen) atoms. The number of hydrogen-bond donors (Lipinski definition) is 2. The molecule has 1 aliphatic heterocycles. The van der Waals surface area contributed by atoms with Crippen LogP contribution < -0.4 is 10.0 Å². The Kier molecular flexibility index (Phi) is 7.52. The van der Waals surface area contributed by atoms with E-state index in [0.29, 0.717) is 18.4 Å². The number of benzene rings is 1. The molecule has 1 aliphatic rings. The lowest BCUT2D eigenvalue weighted by Gasteiger charge is -2.22. The Morgan fingerprint density at radius 2 is 2.04 bits per heavy atom. The fourth-order valence-electron chi connectivity index (χ4n) is 2.72. The van der Waals surface area contributed by atoms with Gasteiger partial charge in [0.15, 0.2) is 0 Å². The number of rotatable bonds is 5. The van der Waals surface area contributed by atoms with Gasteiger partial charge in [-0.2, -0.15) is 13.2 Å². The first kappa shape index (κ1) is 21.2. The number of sulfonamides is 1. The van der Waals surface area contributed by atoms with E-state index in [2.05, 4.69) is 10.0 Å². The second-order valence-electron chi connectivity index (χ2n) is 5.87. The zero-order valence-electron chi connectivity index (χ0n) is 13.3. The molecule has 0 aliphatic carbocycles. The molecule has 0 spiro atoms. The number of aryl methyl sites for hydroxylation is 1. The molecule has 1 unspecified atom stereocenters. The quantitative estimate of drug-likeness (QED) is 0.817. The van der Waals surface area contributed by atoms with Crippen LogP contribution in [0.1, 0.15) is 30.4 Å². The van der Waals surface area contributed by atoms with Crippen molar-refractivity contribution in [2.75, 3.05) is 19.6 Å². The molecule has 1 fully saturated rings. The zero-order chi connectivity index (χ0) is 17.1. The molecule has 0 bridgehead atoms. The lowest BCUT2D eigenvalue weighted by Crippen LogP contribution is -2.33. The summed E-state index contributed by atoms with van der Waals surface area (Å²) < 4.78 is 65.4. The van der Waals surface area contributed by atoms with E-state index in [-0.39, 0.29) is 29.4 Å². The van der Waals surface area contributed by atoms with Crippen molar-refractivity contribution in [1.29, 1.82) is 0 Å². The largest absolute Gasteiger partial charge is 0.416 e. The molecule has 0 radical (unpaired) electrons. The van der Waals surface area contributed by atoms with Gasteiger partial charge in [-0.25, -0.2) is 13.1 Å². The molecular weight excluding hydrogens is 365 g/mol. The van der Waals surface area contributed by atoms with Crippen molar-refractivity contribution >= 4 is 22.4 Å². The number of hydrogen-bond acceptors (Lipinski definition) is 3. The summed E-state index contributed by atoms with van der Waals surface area (Å²) in [6.07, 6.45) is -1.80. The van der Waals surface area contributed by atoms with Crippen LogP contribution in [0.15, 0.2) is 23.1 Å². The van der Waals surface area contributed by atoms with Gasteiger partial charge < -0.3 is 5.32 Å². The summed E-state index contributed by atoms with van der Waals surface area (Å²) in [7, 11) is -3.93. The molecule has 9 heteroatoms. The van der Waals surface area contributed by atoms with Crippen LogP contribution in [-0.2, 0) is 16.2 Å². The molecular formula is C15H22ClF3N2O2S. The smallest absolute Gasteiger partial charge is 0.316 e. The van der Waals surface area contributed by atoms with Crippen LogP contribution in [0.4, 0.5) is 13.2 Å². The normalized spacial score (nSPS) is 18.9. The number of alkyl halides is 3. The van der Waals surface area contributed by atoms with E-state index >= 15 is 0 Å². The van der Waals surface area contributed by atoms with Crippen molar-refractivity contribution in [3.05, 3.63) is 29.3 Å². The van der Waals surface area contributed by atoms with E-state index in [9.17, 15) is 21.6 Å². The summed E-state index contributed by atoms with van der Waals surface area (Å²) in [4.78, 5) is -0.350. The minimum atomic E-state index is -4.57. The van der Waals surface area contributed by atoms with E-state index < -0.39 is 21.8 Å². The highest BCUT2D eigenvalue weighted by Crippen LogP contribution is 2.33. The van der Waals surface area contributed by atoms with E-state index in [1.807, 2.05) is 0 Å². The summed E-state index contributed by atoms with van der Waals surface area (Å²) in [6.45, 7) is 3.36. The Balaban J connectivity index is 0.00000288. The molecule has 138 valence electrons. The van der Waals surface area contributed by atoms with E-state index in [1.54, 1.807) is 0 Å². The SMILES string of the molecule is Cc1ccc(S(=O)(=O)NCCC2CCCNC2)cc1C(F)(F)F.Cl. The third-order valence-electron chi connectivity index (χ3n) is 4.07. The van der Waals surface area contributed by atoms with Gasteiger partial charge >= 0.3 is 6.18 Å². The van der Waals surface area contributed by atoms with Gasteiger partial charge in [0.2, 0.25) is 10.0 Å². The van der Waals surface area contributed by atoms with Gasteiger partial charge in [0.05, 0.1) is 10.5 Å². The third kappa shape index (κ3) is 5.61. The Labute approximate surface area is 146 Å². The molecule has 1 saturated heterocycles. The van der Waals surface area contributed by atoms with Crippen LogP contribution in [0.2, 0.25) is 0 Å². The first-order valence-corrected chi connectivity index (χ1v) is 9.07. The summed E-state index contributed by atoms with van der Waals surface area (Å²) in [6, 6.07) is 3.08. The minimum absolute atomic E-state index is 0. The standard InChI is InChI=1S/C15H21F3N2O2S.ClH/c1-11-4-5-13(9-14(11)15(16,17)18)23(21,22)20-8-6-12-3-2-7-19-10-12;/h4-5,9,12,19-20H,2-3,6-8,10H2,1H3;1H. The van der Waals surface area contributed by atoms with Gasteiger partial charge in [-0.15, -0.1) is 12.4 Å². The number of piperidine rings is 1. The van der Waals surface area contributed by atoms with Gasteiger partial charge in [0.25, 0.3) is 0 Å². The lowest BCUT2D eigenvalue weighted by atomic mass is 9.96. The molecule has 2 N–H and O–H groups in total. The molecule has 0 saturated carbocycles. The van der Waals surface area contributed by atoms with E-state index in [4.69, 9.17) is 0 Å². The predicted octanol–water partition coefficient (Wildman–Crippen LogP) is 3.10. The van der Waals surface area contributed by atoms with Crippen LogP contribution in [-0.4, -0.2) is 28.1 Å². The van der Waals surface area contributed by atoms with Crippen LogP contribution in [0.25, 0.3) is 0 Å². The van der Waals surface area contributed by atoms with Crippen LogP contribution in [0.5, 0.6) is 0 Å². The summed E-state index contributed by atoms with van der Waals surface area (Å²) in [5.41, 5.74) is -0.915. The number of nitrogens with one attached hydrogen (secondary N) is 2. The van der Waals surface area contributed by atoms with E-state index in [0.717, 1.165) is 25.9 Å². The van der Waals surface area contributed by atoms with Crippen molar-refractivity contribution in [2.24, 2.45) is 5.92 Å². The molecule has 0 amide bonds. The van der Waals surface area contributed by atoms with Gasteiger partial charge in [-0.05, 0) is 62.9 Å². The maximum atomic E-state index is 12.9. The van der Waals surface area contributed by atoms with Crippen molar-refractivity contribution in [1.82, 2.24) is 10.0 Å². The molecule has 4 nitrogen and oxygen atoms in total. The maximum Gasteiger partial charge on any atom is 0.416 e. The first-order chi connectivity index (χ1) is 10.7. The van der Waals surface area contributed by atoms with E-state index in [1.165, 1.54) is 19.1 Å². The Morgan fingerprint density at radius 3 is 2.62 bits per heavy atom. The van der Waals surface area contributed by atoms with Crippen molar-refractivity contribution < 1.29 is 21.6 Å². The second kappa shape index (κ2) is 8.51. The minimum Gasteiger partial charge on any atom is -0.316 e. The van der Waals surface area contributed by atoms with Gasteiger partial charge in [0.1, 0.15) is 0 Å². The molecule has 1 aromatic carbocycles. The summed E-state index contributed by atoms with van der Waals surface area (Å²) in [5, 5.41) is 3.24. The number of halogens is 4. The van der Waals surface area contributed by atoms with Crippen LogP contribution >= 0.6 is 12.4 Å². The molecule has 1 aromatic rings. The topological polar surface area (TPSA) is 58.2 Å². The second-order valence-corrected chi connectivity index (χ2v) is 7.64. The summed E-state index contributed by atoms with van der Waals surface area (Å²) >= 11 is 0. The highest BCUT2D eigenvalue weighted by molar-refractivity contribution is 7.89. The van der Waals surface area contributed by atoms with Gasteiger partial charge in [-0.3, -0.25) is 0 Å². The van der Waals surface area contributed by atoms with Crippen LogP contribution in [0.3, 0.4) is 0 Å². The lowest BCUT2D eigenvalue weighted by molar-refractivity contribution is -0.138. The molecule has 2 rings (SSSR count). The zero-order valence-corrected chi connectivity index (χ0v) is 15.0.